The van der Waals surface area contributed by atoms with Crippen LogP contribution in [0.15, 0.2) is 42.5 Å². The predicted molar refractivity (Wildman–Crippen MR) is 71.4 cm³/mol. The summed E-state index contributed by atoms with van der Waals surface area (Å²) in [5.74, 6) is 0. The smallest absolute Gasteiger partial charge is 0.174 e. The molecule has 3 aromatic rings. The molecule has 1 radical (unpaired) electrons. The highest BCUT2D eigenvalue weighted by Gasteiger charge is 2.22. The number of para-hydroxylation sites is 3. The number of nitrogens with one attached hydrogen (secondary N) is 3. The molecule has 0 bridgehead atoms. The van der Waals surface area contributed by atoms with Gasteiger partial charge >= 0.3 is 0 Å². The van der Waals surface area contributed by atoms with Gasteiger partial charge in [0.2, 0.25) is 0 Å². The molecule has 1 aliphatic rings. The lowest BCUT2D eigenvalue weighted by Crippen LogP contribution is -2.12. The third-order valence-electron chi connectivity index (χ3n) is 3.26. The molecular weight excluding hydrogens is 224 g/mol. The number of aromatic nitrogens is 2. The Hall–Kier alpha value is -2.49. The molecule has 2 aromatic carbocycles. The molecule has 0 atom stereocenters. The lowest BCUT2D eigenvalue weighted by atomic mass is 10.1. The minimum Gasteiger partial charge on any atom is -0.360 e. The highest BCUT2D eigenvalue weighted by molar-refractivity contribution is 5.82. The highest BCUT2D eigenvalue weighted by Crippen LogP contribution is 2.36. The maximum absolute atomic E-state index is 4.27. The molecular formula is C14H11N4. The molecule has 18 heavy (non-hydrogen) atoms. The van der Waals surface area contributed by atoms with E-state index in [0.717, 1.165) is 28.0 Å². The summed E-state index contributed by atoms with van der Waals surface area (Å²) >= 11 is 0. The summed E-state index contributed by atoms with van der Waals surface area (Å²) in [6, 6.07) is 14.3. The standard InChI is InChI=1S/C14H11N4/c1-2-6-11-10(5-1)17-14(18-11)9-4-3-7-12-13(9)16-8-15-12/h1-7,14,17-18H,(H,15,16). The minimum absolute atomic E-state index is 0.0581. The monoisotopic (exact) mass is 235 g/mol. The van der Waals surface area contributed by atoms with E-state index in [2.05, 4.69) is 45.1 Å². The Morgan fingerprint density at radius 2 is 1.72 bits per heavy atom. The fourth-order valence-electron chi connectivity index (χ4n) is 2.40. The van der Waals surface area contributed by atoms with Crippen LogP contribution in [0, 0.1) is 6.33 Å². The van der Waals surface area contributed by atoms with E-state index in [-0.39, 0.29) is 6.17 Å². The number of H-pyrrole nitrogens is 1. The second-order valence-corrected chi connectivity index (χ2v) is 4.36. The van der Waals surface area contributed by atoms with E-state index in [1.54, 1.807) is 0 Å². The summed E-state index contributed by atoms with van der Waals surface area (Å²) in [4.78, 5) is 7.28. The van der Waals surface area contributed by atoms with Crippen molar-refractivity contribution in [2.45, 2.75) is 6.17 Å². The van der Waals surface area contributed by atoms with Gasteiger partial charge in [-0.1, -0.05) is 24.3 Å². The Morgan fingerprint density at radius 1 is 0.944 bits per heavy atom. The van der Waals surface area contributed by atoms with Crippen LogP contribution in [0.3, 0.4) is 0 Å². The van der Waals surface area contributed by atoms with Gasteiger partial charge < -0.3 is 15.6 Å². The van der Waals surface area contributed by atoms with Crippen molar-refractivity contribution in [3.63, 3.8) is 0 Å². The van der Waals surface area contributed by atoms with E-state index < -0.39 is 0 Å². The first-order valence-electron chi connectivity index (χ1n) is 5.88. The molecule has 0 saturated heterocycles. The molecule has 1 aromatic heterocycles. The average molecular weight is 235 g/mol. The largest absolute Gasteiger partial charge is 0.360 e. The SMILES string of the molecule is [c]1nc2c(C3Nc4ccccc4N3)cccc2[nH]1. The summed E-state index contributed by atoms with van der Waals surface area (Å²) in [6.07, 6.45) is 2.85. The van der Waals surface area contributed by atoms with Crippen molar-refractivity contribution < 1.29 is 0 Å². The quantitative estimate of drug-likeness (QED) is 0.608. The molecule has 0 spiro atoms. The molecule has 0 saturated carbocycles. The van der Waals surface area contributed by atoms with Gasteiger partial charge in [-0.05, 0) is 18.2 Å². The molecule has 4 rings (SSSR count). The van der Waals surface area contributed by atoms with Gasteiger partial charge in [-0.2, -0.15) is 0 Å². The number of nitrogens with zero attached hydrogens (tertiary/aromatic N) is 1. The van der Waals surface area contributed by atoms with Gasteiger partial charge in [0.25, 0.3) is 0 Å². The molecule has 0 fully saturated rings. The van der Waals surface area contributed by atoms with Crippen molar-refractivity contribution in [3.05, 3.63) is 54.4 Å². The Morgan fingerprint density at radius 3 is 2.50 bits per heavy atom. The lowest BCUT2D eigenvalue weighted by molar-refractivity contribution is 0.949. The third-order valence-corrected chi connectivity index (χ3v) is 3.26. The van der Waals surface area contributed by atoms with Gasteiger partial charge in [-0.25, -0.2) is 4.98 Å². The number of benzene rings is 2. The average Bonchev–Trinajstić information content (AvgIpc) is 3.04. The Balaban J connectivity index is 1.80. The van der Waals surface area contributed by atoms with E-state index in [0.29, 0.717) is 0 Å². The maximum atomic E-state index is 4.27. The normalized spacial score (nSPS) is 14.2. The fraction of sp³-hybridized carbons (Fsp3) is 0.0714. The van der Waals surface area contributed by atoms with Crippen LogP contribution in [0.4, 0.5) is 11.4 Å². The summed E-state index contributed by atoms with van der Waals surface area (Å²) in [6.45, 7) is 0. The second kappa shape index (κ2) is 3.50. The van der Waals surface area contributed by atoms with Crippen molar-refractivity contribution in [3.8, 4) is 0 Å². The molecule has 0 unspecified atom stereocenters. The molecule has 0 aliphatic carbocycles. The van der Waals surface area contributed by atoms with E-state index in [1.807, 2.05) is 24.3 Å². The Kier molecular flexibility index (Phi) is 1.85. The van der Waals surface area contributed by atoms with Gasteiger partial charge in [0.1, 0.15) is 6.17 Å². The van der Waals surface area contributed by atoms with Crippen LogP contribution in [0.25, 0.3) is 11.0 Å². The van der Waals surface area contributed by atoms with Gasteiger partial charge in [0.05, 0.1) is 22.4 Å². The molecule has 3 N–H and O–H groups in total. The number of imidazole rings is 1. The zero-order valence-electron chi connectivity index (χ0n) is 9.57. The molecule has 87 valence electrons. The molecule has 4 heteroatoms. The third kappa shape index (κ3) is 1.29. The molecule has 1 aliphatic heterocycles. The summed E-state index contributed by atoms with van der Waals surface area (Å²) < 4.78 is 0. The fourth-order valence-corrected chi connectivity index (χ4v) is 2.40. The molecule has 2 heterocycles. The first-order chi connectivity index (χ1) is 8.92. The number of fused-ring (bicyclic) bond motifs is 2. The first-order valence-corrected chi connectivity index (χ1v) is 5.88. The number of anilines is 2. The van der Waals surface area contributed by atoms with E-state index in [9.17, 15) is 0 Å². The van der Waals surface area contributed by atoms with Gasteiger partial charge in [-0.15, -0.1) is 0 Å². The van der Waals surface area contributed by atoms with Crippen LogP contribution in [-0.2, 0) is 0 Å². The van der Waals surface area contributed by atoms with Crippen molar-refractivity contribution in [2.75, 3.05) is 10.6 Å². The topological polar surface area (TPSA) is 52.7 Å². The van der Waals surface area contributed by atoms with Crippen molar-refractivity contribution in [2.24, 2.45) is 0 Å². The van der Waals surface area contributed by atoms with E-state index >= 15 is 0 Å². The predicted octanol–water partition coefficient (Wildman–Crippen LogP) is 2.90. The van der Waals surface area contributed by atoms with Crippen LogP contribution >= 0.6 is 0 Å². The molecule has 4 nitrogen and oxygen atoms in total. The van der Waals surface area contributed by atoms with Crippen LogP contribution < -0.4 is 10.6 Å². The second-order valence-electron chi connectivity index (χ2n) is 4.36. The van der Waals surface area contributed by atoms with Gasteiger partial charge in [0.15, 0.2) is 6.33 Å². The minimum atomic E-state index is 0.0581. The van der Waals surface area contributed by atoms with E-state index in [1.165, 1.54) is 0 Å². The lowest BCUT2D eigenvalue weighted by Gasteiger charge is -2.13. The van der Waals surface area contributed by atoms with Crippen molar-refractivity contribution >= 4 is 22.4 Å². The van der Waals surface area contributed by atoms with Crippen LogP contribution in [0.1, 0.15) is 11.7 Å². The molecule has 0 amide bonds. The number of aromatic amines is 1. The summed E-state index contributed by atoms with van der Waals surface area (Å²) in [5, 5.41) is 6.91. The maximum Gasteiger partial charge on any atom is 0.174 e. The number of rotatable bonds is 1. The zero-order chi connectivity index (χ0) is 11.9. The Labute approximate surface area is 104 Å². The first kappa shape index (κ1) is 9.53. The van der Waals surface area contributed by atoms with Gasteiger partial charge in [-0.3, -0.25) is 0 Å². The Bertz CT molecular complexity index is 691. The highest BCUT2D eigenvalue weighted by atomic mass is 15.2. The van der Waals surface area contributed by atoms with Crippen LogP contribution in [-0.4, -0.2) is 9.97 Å². The number of hydrogen-bond donors (Lipinski definition) is 3. The van der Waals surface area contributed by atoms with Crippen LogP contribution in [0.5, 0.6) is 0 Å². The van der Waals surface area contributed by atoms with Crippen molar-refractivity contribution in [1.29, 1.82) is 0 Å². The van der Waals surface area contributed by atoms with Crippen LogP contribution in [0.2, 0.25) is 0 Å². The number of hydrogen-bond acceptors (Lipinski definition) is 3. The summed E-state index contributed by atoms with van der Waals surface area (Å²) in [5.41, 5.74) is 5.33. The van der Waals surface area contributed by atoms with Crippen molar-refractivity contribution in [1.82, 2.24) is 9.97 Å². The van der Waals surface area contributed by atoms with E-state index in [4.69, 9.17) is 0 Å². The zero-order valence-corrected chi connectivity index (χ0v) is 9.57. The van der Waals surface area contributed by atoms with Gasteiger partial charge in [0, 0.05) is 5.56 Å². The summed E-state index contributed by atoms with van der Waals surface area (Å²) in [7, 11) is 0.